The number of halogens is 1. The van der Waals surface area contributed by atoms with E-state index in [1.807, 2.05) is 13.8 Å². The van der Waals surface area contributed by atoms with Gasteiger partial charge in [0.05, 0.1) is 12.6 Å². The number of rotatable bonds is 6. The lowest BCUT2D eigenvalue weighted by Gasteiger charge is -2.33. The standard InChI is InChI=1S/C18H25FN2O3/c1-12(2)17(13-6-8-14(19)9-7-13)20-16(22)11-21-10-4-3-5-15(21)18(23)24/h6-9,12,15,17H,3-5,10-11H2,1-2H3,(H,20,22)(H,23,24). The van der Waals surface area contributed by atoms with Gasteiger partial charge in [0.25, 0.3) is 0 Å². The number of nitrogens with one attached hydrogen (secondary N) is 1. The third kappa shape index (κ3) is 4.77. The molecule has 1 heterocycles. The van der Waals surface area contributed by atoms with Gasteiger partial charge in [0.15, 0.2) is 0 Å². The Hall–Kier alpha value is -1.95. The van der Waals surface area contributed by atoms with Gasteiger partial charge < -0.3 is 10.4 Å². The quantitative estimate of drug-likeness (QED) is 0.838. The van der Waals surface area contributed by atoms with Gasteiger partial charge in [-0.25, -0.2) is 4.39 Å². The Balaban J connectivity index is 2.02. The number of likely N-dealkylation sites (tertiary alicyclic amines) is 1. The molecular formula is C18H25FN2O3. The van der Waals surface area contributed by atoms with Crippen LogP contribution in [-0.2, 0) is 9.59 Å². The van der Waals surface area contributed by atoms with Crippen molar-refractivity contribution in [2.75, 3.05) is 13.1 Å². The maximum absolute atomic E-state index is 13.1. The van der Waals surface area contributed by atoms with Crippen LogP contribution >= 0.6 is 0 Å². The lowest BCUT2D eigenvalue weighted by atomic mass is 9.96. The Labute approximate surface area is 141 Å². The number of aliphatic carboxylic acids is 1. The van der Waals surface area contributed by atoms with Gasteiger partial charge >= 0.3 is 5.97 Å². The smallest absolute Gasteiger partial charge is 0.320 e. The van der Waals surface area contributed by atoms with Crippen LogP contribution in [0.15, 0.2) is 24.3 Å². The second kappa shape index (κ2) is 8.24. The fourth-order valence-corrected chi connectivity index (χ4v) is 3.17. The van der Waals surface area contributed by atoms with E-state index in [1.165, 1.54) is 12.1 Å². The van der Waals surface area contributed by atoms with Crippen molar-refractivity contribution in [1.29, 1.82) is 0 Å². The number of hydrogen-bond donors (Lipinski definition) is 2. The Morgan fingerprint density at radius 1 is 1.29 bits per heavy atom. The molecule has 0 spiro atoms. The van der Waals surface area contributed by atoms with Crippen LogP contribution in [0.4, 0.5) is 4.39 Å². The van der Waals surface area contributed by atoms with Crippen molar-refractivity contribution in [3.8, 4) is 0 Å². The van der Waals surface area contributed by atoms with Crippen LogP contribution in [0.5, 0.6) is 0 Å². The zero-order chi connectivity index (χ0) is 17.7. The highest BCUT2D eigenvalue weighted by Crippen LogP contribution is 2.22. The maximum Gasteiger partial charge on any atom is 0.320 e. The van der Waals surface area contributed by atoms with Crippen LogP contribution in [0.1, 0.15) is 44.7 Å². The molecule has 0 radical (unpaired) electrons. The highest BCUT2D eigenvalue weighted by molar-refractivity contribution is 5.80. The summed E-state index contributed by atoms with van der Waals surface area (Å²) in [6.07, 6.45) is 2.36. The van der Waals surface area contributed by atoms with E-state index in [0.717, 1.165) is 18.4 Å². The molecule has 2 N–H and O–H groups in total. The molecule has 6 heteroatoms. The summed E-state index contributed by atoms with van der Waals surface area (Å²) in [5.41, 5.74) is 0.841. The van der Waals surface area contributed by atoms with Crippen LogP contribution in [0.3, 0.4) is 0 Å². The van der Waals surface area contributed by atoms with Crippen molar-refractivity contribution in [1.82, 2.24) is 10.2 Å². The third-order valence-electron chi connectivity index (χ3n) is 4.46. The molecule has 1 aliphatic heterocycles. The Morgan fingerprint density at radius 2 is 1.96 bits per heavy atom. The fourth-order valence-electron chi connectivity index (χ4n) is 3.17. The van der Waals surface area contributed by atoms with Crippen molar-refractivity contribution in [2.24, 2.45) is 5.92 Å². The van der Waals surface area contributed by atoms with Crippen LogP contribution in [0.25, 0.3) is 0 Å². The molecule has 5 nitrogen and oxygen atoms in total. The maximum atomic E-state index is 13.1. The Kier molecular flexibility index (Phi) is 6.31. The monoisotopic (exact) mass is 336 g/mol. The minimum absolute atomic E-state index is 0.0708. The summed E-state index contributed by atoms with van der Waals surface area (Å²) in [6.45, 7) is 4.65. The normalized spacial score (nSPS) is 19.9. The van der Waals surface area contributed by atoms with E-state index >= 15 is 0 Å². The summed E-state index contributed by atoms with van der Waals surface area (Å²) in [5, 5.41) is 12.2. The topological polar surface area (TPSA) is 69.6 Å². The highest BCUT2D eigenvalue weighted by Gasteiger charge is 2.30. The number of carbonyl (C=O) groups is 2. The average molecular weight is 336 g/mol. The molecule has 0 saturated carbocycles. The molecule has 0 bridgehead atoms. The zero-order valence-electron chi connectivity index (χ0n) is 14.2. The van der Waals surface area contributed by atoms with Crippen molar-refractivity contribution in [3.05, 3.63) is 35.6 Å². The average Bonchev–Trinajstić information content (AvgIpc) is 2.53. The van der Waals surface area contributed by atoms with E-state index in [0.29, 0.717) is 13.0 Å². The number of benzene rings is 1. The van der Waals surface area contributed by atoms with E-state index < -0.39 is 12.0 Å². The first kappa shape index (κ1) is 18.4. The molecule has 2 atom stereocenters. The van der Waals surface area contributed by atoms with E-state index in [-0.39, 0.29) is 30.2 Å². The van der Waals surface area contributed by atoms with Crippen LogP contribution in [-0.4, -0.2) is 41.0 Å². The summed E-state index contributed by atoms with van der Waals surface area (Å²) in [7, 11) is 0. The number of hydrogen-bond acceptors (Lipinski definition) is 3. The number of carboxylic acid groups (broad SMARTS) is 1. The number of carboxylic acids is 1. The van der Waals surface area contributed by atoms with E-state index in [2.05, 4.69) is 5.32 Å². The molecule has 132 valence electrons. The minimum Gasteiger partial charge on any atom is -0.480 e. The Bertz CT molecular complexity index is 574. The third-order valence-corrected chi connectivity index (χ3v) is 4.46. The van der Waals surface area contributed by atoms with Crippen molar-refractivity contribution in [2.45, 2.75) is 45.2 Å². The minimum atomic E-state index is -0.874. The highest BCUT2D eigenvalue weighted by atomic mass is 19.1. The van der Waals surface area contributed by atoms with E-state index in [4.69, 9.17) is 0 Å². The molecule has 1 aliphatic rings. The summed E-state index contributed by atoms with van der Waals surface area (Å²) in [5.74, 6) is -1.26. The summed E-state index contributed by atoms with van der Waals surface area (Å²) >= 11 is 0. The second-order valence-corrected chi connectivity index (χ2v) is 6.66. The number of carbonyl (C=O) groups excluding carboxylic acids is 1. The zero-order valence-corrected chi connectivity index (χ0v) is 14.2. The predicted octanol–water partition coefficient (Wildman–Crippen LogP) is 2.58. The first-order chi connectivity index (χ1) is 11.4. The molecule has 2 unspecified atom stereocenters. The van der Waals surface area contributed by atoms with Gasteiger partial charge in [0.2, 0.25) is 5.91 Å². The lowest BCUT2D eigenvalue weighted by molar-refractivity contribution is -0.145. The number of piperidine rings is 1. The van der Waals surface area contributed by atoms with Crippen LogP contribution in [0.2, 0.25) is 0 Å². The van der Waals surface area contributed by atoms with Crippen molar-refractivity contribution < 1.29 is 19.1 Å². The van der Waals surface area contributed by atoms with Gasteiger partial charge in [-0.15, -0.1) is 0 Å². The second-order valence-electron chi connectivity index (χ2n) is 6.66. The fraction of sp³-hybridized carbons (Fsp3) is 0.556. The van der Waals surface area contributed by atoms with Crippen LogP contribution in [0, 0.1) is 11.7 Å². The first-order valence-corrected chi connectivity index (χ1v) is 8.40. The van der Waals surface area contributed by atoms with E-state index in [1.54, 1.807) is 17.0 Å². The summed E-state index contributed by atoms with van der Waals surface area (Å²) in [6, 6.07) is 5.27. The van der Waals surface area contributed by atoms with Gasteiger partial charge in [-0.2, -0.15) is 0 Å². The first-order valence-electron chi connectivity index (χ1n) is 8.40. The molecule has 1 saturated heterocycles. The van der Waals surface area contributed by atoms with Crippen molar-refractivity contribution >= 4 is 11.9 Å². The van der Waals surface area contributed by atoms with Gasteiger partial charge in [0.1, 0.15) is 11.9 Å². The molecule has 2 rings (SSSR count). The number of nitrogens with zero attached hydrogens (tertiary/aromatic N) is 1. The largest absolute Gasteiger partial charge is 0.480 e. The molecule has 0 aromatic heterocycles. The van der Waals surface area contributed by atoms with Crippen LogP contribution < -0.4 is 5.32 Å². The van der Waals surface area contributed by atoms with Gasteiger partial charge in [0, 0.05) is 0 Å². The summed E-state index contributed by atoms with van der Waals surface area (Å²) in [4.78, 5) is 25.5. The van der Waals surface area contributed by atoms with Gasteiger partial charge in [-0.05, 0) is 43.0 Å². The molecule has 1 aromatic rings. The SMILES string of the molecule is CC(C)C(NC(=O)CN1CCCCC1C(=O)O)c1ccc(F)cc1. The molecule has 1 amide bonds. The van der Waals surface area contributed by atoms with E-state index in [9.17, 15) is 19.1 Å². The summed E-state index contributed by atoms with van der Waals surface area (Å²) < 4.78 is 13.1. The van der Waals surface area contributed by atoms with Gasteiger partial charge in [-0.1, -0.05) is 32.4 Å². The molecule has 1 fully saturated rings. The van der Waals surface area contributed by atoms with Crippen molar-refractivity contribution in [3.63, 3.8) is 0 Å². The molecule has 24 heavy (non-hydrogen) atoms. The molecule has 0 aliphatic carbocycles. The molecular weight excluding hydrogens is 311 g/mol. The lowest BCUT2D eigenvalue weighted by Crippen LogP contribution is -2.49. The van der Waals surface area contributed by atoms with Gasteiger partial charge in [-0.3, -0.25) is 14.5 Å². The Morgan fingerprint density at radius 3 is 2.54 bits per heavy atom. The number of amides is 1. The molecule has 1 aromatic carbocycles. The predicted molar refractivity (Wildman–Crippen MR) is 89.0 cm³/mol.